The lowest BCUT2D eigenvalue weighted by molar-refractivity contribution is 0.102. The molecule has 1 amide bonds. The second-order valence-corrected chi connectivity index (χ2v) is 4.56. The van der Waals surface area contributed by atoms with Gasteiger partial charge in [-0.2, -0.15) is 0 Å². The van der Waals surface area contributed by atoms with Gasteiger partial charge in [-0.05, 0) is 30.3 Å². The average molecular weight is 274 g/mol. The Bertz CT molecular complexity index is 642. The van der Waals surface area contributed by atoms with E-state index in [0.29, 0.717) is 5.69 Å². The predicted octanol–water partition coefficient (Wildman–Crippen LogP) is 2.85. The Kier molecular flexibility index (Phi) is 3.89. The molecule has 20 heavy (non-hydrogen) atoms. The molecule has 0 unspecified atom stereocenters. The van der Waals surface area contributed by atoms with E-state index in [4.69, 9.17) is 5.11 Å². The van der Waals surface area contributed by atoms with Crippen LogP contribution in [0.2, 0.25) is 0 Å². The normalized spacial score (nSPS) is 10.2. The SMILES string of the molecule is CN(C)c1cccc(NC(=O)c2ccc(O)cc2F)c1. The van der Waals surface area contributed by atoms with Gasteiger partial charge in [0, 0.05) is 31.5 Å². The van der Waals surface area contributed by atoms with Crippen molar-refractivity contribution in [2.75, 3.05) is 24.3 Å². The minimum atomic E-state index is -0.758. The van der Waals surface area contributed by atoms with E-state index >= 15 is 0 Å². The Balaban J connectivity index is 2.21. The number of hydrogen-bond donors (Lipinski definition) is 2. The summed E-state index contributed by atoms with van der Waals surface area (Å²) in [5.74, 6) is -1.53. The first-order valence-electron chi connectivity index (χ1n) is 6.04. The number of hydrogen-bond acceptors (Lipinski definition) is 3. The Hall–Kier alpha value is -2.56. The van der Waals surface area contributed by atoms with Gasteiger partial charge in [0.05, 0.1) is 5.56 Å². The van der Waals surface area contributed by atoms with E-state index in [0.717, 1.165) is 11.8 Å². The second-order valence-electron chi connectivity index (χ2n) is 4.56. The van der Waals surface area contributed by atoms with E-state index in [-0.39, 0.29) is 11.3 Å². The molecule has 5 heteroatoms. The molecule has 2 N–H and O–H groups in total. The van der Waals surface area contributed by atoms with Crippen molar-refractivity contribution >= 4 is 17.3 Å². The molecular weight excluding hydrogens is 259 g/mol. The van der Waals surface area contributed by atoms with Crippen LogP contribution in [0, 0.1) is 5.82 Å². The molecule has 0 aliphatic carbocycles. The number of carbonyl (C=O) groups is 1. The van der Waals surface area contributed by atoms with Crippen LogP contribution in [0.25, 0.3) is 0 Å². The lowest BCUT2D eigenvalue weighted by atomic mass is 10.2. The quantitative estimate of drug-likeness (QED) is 0.905. The average Bonchev–Trinajstić information content (AvgIpc) is 2.38. The van der Waals surface area contributed by atoms with Gasteiger partial charge in [0.2, 0.25) is 0 Å². The van der Waals surface area contributed by atoms with Gasteiger partial charge in [-0.15, -0.1) is 0 Å². The van der Waals surface area contributed by atoms with Crippen LogP contribution in [0.4, 0.5) is 15.8 Å². The summed E-state index contributed by atoms with van der Waals surface area (Å²) in [6.07, 6.45) is 0. The Morgan fingerprint density at radius 1 is 1.20 bits per heavy atom. The third kappa shape index (κ3) is 3.06. The molecule has 0 saturated heterocycles. The van der Waals surface area contributed by atoms with Gasteiger partial charge in [-0.1, -0.05) is 6.07 Å². The number of nitrogens with zero attached hydrogens (tertiary/aromatic N) is 1. The zero-order chi connectivity index (χ0) is 14.7. The van der Waals surface area contributed by atoms with Gasteiger partial charge >= 0.3 is 0 Å². The summed E-state index contributed by atoms with van der Waals surface area (Å²) in [6.45, 7) is 0. The van der Waals surface area contributed by atoms with E-state index in [9.17, 15) is 9.18 Å². The fraction of sp³-hybridized carbons (Fsp3) is 0.133. The van der Waals surface area contributed by atoms with E-state index in [1.54, 1.807) is 18.2 Å². The van der Waals surface area contributed by atoms with E-state index in [1.807, 2.05) is 25.1 Å². The number of anilines is 2. The van der Waals surface area contributed by atoms with Crippen LogP contribution in [0.1, 0.15) is 10.4 Å². The van der Waals surface area contributed by atoms with Crippen molar-refractivity contribution in [3.05, 3.63) is 53.8 Å². The molecule has 0 radical (unpaired) electrons. The maximum Gasteiger partial charge on any atom is 0.258 e. The molecule has 104 valence electrons. The summed E-state index contributed by atoms with van der Waals surface area (Å²) >= 11 is 0. The number of halogens is 1. The predicted molar refractivity (Wildman–Crippen MR) is 76.8 cm³/mol. The lowest BCUT2D eigenvalue weighted by Gasteiger charge is -2.14. The van der Waals surface area contributed by atoms with Gasteiger partial charge < -0.3 is 15.3 Å². The number of carbonyl (C=O) groups excluding carboxylic acids is 1. The molecule has 0 bridgehead atoms. The van der Waals surface area contributed by atoms with Crippen molar-refractivity contribution in [2.24, 2.45) is 0 Å². The molecule has 0 aliphatic heterocycles. The first-order chi connectivity index (χ1) is 9.47. The van der Waals surface area contributed by atoms with Crippen LogP contribution in [0.3, 0.4) is 0 Å². The van der Waals surface area contributed by atoms with Crippen molar-refractivity contribution in [1.82, 2.24) is 0 Å². The summed E-state index contributed by atoms with van der Waals surface area (Å²) in [4.78, 5) is 13.9. The topological polar surface area (TPSA) is 52.6 Å². The summed E-state index contributed by atoms with van der Waals surface area (Å²) in [6, 6.07) is 10.6. The molecule has 2 aromatic carbocycles. The van der Waals surface area contributed by atoms with E-state index < -0.39 is 11.7 Å². The van der Waals surface area contributed by atoms with Crippen molar-refractivity contribution < 1.29 is 14.3 Å². The largest absolute Gasteiger partial charge is 0.508 e. The fourth-order valence-corrected chi connectivity index (χ4v) is 1.75. The maximum absolute atomic E-state index is 13.6. The molecule has 0 spiro atoms. The Labute approximate surface area is 116 Å². The van der Waals surface area contributed by atoms with Gasteiger partial charge in [-0.3, -0.25) is 4.79 Å². The van der Waals surface area contributed by atoms with Crippen LogP contribution < -0.4 is 10.2 Å². The number of phenols is 1. The highest BCUT2D eigenvalue weighted by molar-refractivity contribution is 6.04. The molecule has 2 rings (SSSR count). The number of aromatic hydroxyl groups is 1. The highest BCUT2D eigenvalue weighted by Crippen LogP contribution is 2.20. The minimum Gasteiger partial charge on any atom is -0.508 e. The third-order valence-corrected chi connectivity index (χ3v) is 2.82. The number of rotatable bonds is 3. The summed E-state index contributed by atoms with van der Waals surface area (Å²) in [7, 11) is 3.78. The van der Waals surface area contributed by atoms with Gasteiger partial charge in [0.1, 0.15) is 11.6 Å². The van der Waals surface area contributed by atoms with E-state index in [1.165, 1.54) is 12.1 Å². The molecule has 0 aromatic heterocycles. The van der Waals surface area contributed by atoms with Crippen LogP contribution in [0.5, 0.6) is 5.75 Å². The van der Waals surface area contributed by atoms with Crippen molar-refractivity contribution in [1.29, 1.82) is 0 Å². The Morgan fingerprint density at radius 2 is 1.95 bits per heavy atom. The zero-order valence-electron chi connectivity index (χ0n) is 11.2. The summed E-state index contributed by atoms with van der Waals surface area (Å²) in [5, 5.41) is 11.8. The van der Waals surface area contributed by atoms with E-state index in [2.05, 4.69) is 5.32 Å². The standard InChI is InChI=1S/C15H15FN2O2/c1-18(2)11-5-3-4-10(8-11)17-15(20)13-7-6-12(19)9-14(13)16/h3-9,19H,1-2H3,(H,17,20). The molecule has 0 atom stereocenters. The summed E-state index contributed by atoms with van der Waals surface area (Å²) in [5.41, 5.74) is 1.39. The fourth-order valence-electron chi connectivity index (χ4n) is 1.75. The van der Waals surface area contributed by atoms with Crippen molar-refractivity contribution in [3.8, 4) is 5.75 Å². The highest BCUT2D eigenvalue weighted by Gasteiger charge is 2.12. The van der Waals surface area contributed by atoms with Crippen molar-refractivity contribution in [2.45, 2.75) is 0 Å². The molecule has 0 heterocycles. The Morgan fingerprint density at radius 3 is 2.60 bits per heavy atom. The number of phenolic OH excluding ortho intramolecular Hbond substituents is 1. The molecule has 0 saturated carbocycles. The van der Waals surface area contributed by atoms with Crippen LogP contribution in [-0.2, 0) is 0 Å². The number of amides is 1. The first-order valence-corrected chi connectivity index (χ1v) is 6.04. The van der Waals surface area contributed by atoms with Crippen molar-refractivity contribution in [3.63, 3.8) is 0 Å². The van der Waals surface area contributed by atoms with Gasteiger partial charge in [0.15, 0.2) is 0 Å². The molecule has 0 aliphatic rings. The lowest BCUT2D eigenvalue weighted by Crippen LogP contribution is -2.14. The van der Waals surface area contributed by atoms with Crippen LogP contribution in [-0.4, -0.2) is 25.1 Å². The van der Waals surface area contributed by atoms with Gasteiger partial charge in [0.25, 0.3) is 5.91 Å². The van der Waals surface area contributed by atoms with Crippen LogP contribution in [0.15, 0.2) is 42.5 Å². The zero-order valence-corrected chi connectivity index (χ0v) is 11.2. The molecule has 0 fully saturated rings. The first kappa shape index (κ1) is 13.9. The smallest absolute Gasteiger partial charge is 0.258 e. The van der Waals surface area contributed by atoms with Gasteiger partial charge in [-0.25, -0.2) is 4.39 Å². The molecule has 2 aromatic rings. The minimum absolute atomic E-state index is 0.113. The number of nitrogens with one attached hydrogen (secondary N) is 1. The maximum atomic E-state index is 13.6. The highest BCUT2D eigenvalue weighted by atomic mass is 19.1. The second kappa shape index (κ2) is 5.61. The molecule has 4 nitrogen and oxygen atoms in total. The molecular formula is C15H15FN2O2. The van der Waals surface area contributed by atoms with Crippen LogP contribution >= 0.6 is 0 Å². The number of benzene rings is 2. The monoisotopic (exact) mass is 274 g/mol. The summed E-state index contributed by atoms with van der Waals surface area (Å²) < 4.78 is 13.6. The third-order valence-electron chi connectivity index (χ3n) is 2.82.